The zero-order chi connectivity index (χ0) is 12.7. The van der Waals surface area contributed by atoms with Crippen LogP contribution in [0.4, 0.5) is 0 Å². The van der Waals surface area contributed by atoms with E-state index >= 15 is 0 Å². The van der Waals surface area contributed by atoms with E-state index in [-0.39, 0.29) is 0 Å². The Bertz CT molecular complexity index is 377. The van der Waals surface area contributed by atoms with Crippen molar-refractivity contribution in [2.45, 2.75) is 46.5 Å². The van der Waals surface area contributed by atoms with Gasteiger partial charge in [0, 0.05) is 0 Å². The molecule has 1 aliphatic carbocycles. The minimum Gasteiger partial charge on any atom is -0.0836 e. The van der Waals surface area contributed by atoms with Crippen LogP contribution >= 0.6 is 0 Å². The Kier molecular flexibility index (Phi) is 5.76. The summed E-state index contributed by atoms with van der Waals surface area (Å²) in [5.41, 5.74) is 4.13. The minimum absolute atomic E-state index is 0.620. The van der Waals surface area contributed by atoms with Crippen LogP contribution in [0.5, 0.6) is 0 Å². The van der Waals surface area contributed by atoms with Gasteiger partial charge in [-0.1, -0.05) is 70.2 Å². The SMILES string of the molecule is CC.CC(C)c1ccc(C2=CCCC=C2)cc1. The molecule has 0 amide bonds. The Morgan fingerprint density at radius 3 is 2.06 bits per heavy atom. The molecule has 0 fully saturated rings. The summed E-state index contributed by atoms with van der Waals surface area (Å²) in [5.74, 6) is 0.620. The van der Waals surface area contributed by atoms with Crippen molar-refractivity contribution >= 4 is 5.57 Å². The lowest BCUT2D eigenvalue weighted by molar-refractivity contribution is 0.866. The highest BCUT2D eigenvalue weighted by Gasteiger charge is 2.02. The maximum atomic E-state index is 2.32. The summed E-state index contributed by atoms with van der Waals surface area (Å²) >= 11 is 0. The first-order chi connectivity index (χ1) is 8.27. The lowest BCUT2D eigenvalue weighted by atomic mass is 9.96. The van der Waals surface area contributed by atoms with Crippen LogP contribution in [-0.2, 0) is 0 Å². The molecule has 0 atom stereocenters. The summed E-state index contributed by atoms with van der Waals surface area (Å²) < 4.78 is 0. The summed E-state index contributed by atoms with van der Waals surface area (Å²) in [4.78, 5) is 0. The Morgan fingerprint density at radius 1 is 0.941 bits per heavy atom. The molecule has 2 rings (SSSR count). The molecule has 17 heavy (non-hydrogen) atoms. The van der Waals surface area contributed by atoms with Crippen LogP contribution in [0.1, 0.15) is 57.6 Å². The van der Waals surface area contributed by atoms with Crippen molar-refractivity contribution < 1.29 is 0 Å². The van der Waals surface area contributed by atoms with Crippen molar-refractivity contribution in [3.8, 4) is 0 Å². The average molecular weight is 228 g/mol. The van der Waals surface area contributed by atoms with E-state index in [1.54, 1.807) is 0 Å². The summed E-state index contributed by atoms with van der Waals surface area (Å²) in [6.07, 6.45) is 9.18. The molecule has 0 heteroatoms. The van der Waals surface area contributed by atoms with Gasteiger partial charge in [-0.2, -0.15) is 0 Å². The molecule has 0 N–H and O–H groups in total. The van der Waals surface area contributed by atoms with Gasteiger partial charge in [0.05, 0.1) is 0 Å². The maximum absolute atomic E-state index is 2.32. The summed E-state index contributed by atoms with van der Waals surface area (Å²) in [6.45, 7) is 8.46. The molecule has 0 heterocycles. The molecule has 0 nitrogen and oxygen atoms in total. The number of hydrogen-bond acceptors (Lipinski definition) is 0. The number of hydrogen-bond donors (Lipinski definition) is 0. The molecule has 1 aromatic carbocycles. The van der Waals surface area contributed by atoms with Crippen molar-refractivity contribution in [1.29, 1.82) is 0 Å². The van der Waals surface area contributed by atoms with Crippen molar-refractivity contribution in [2.75, 3.05) is 0 Å². The van der Waals surface area contributed by atoms with Gasteiger partial charge < -0.3 is 0 Å². The Labute approximate surface area is 106 Å². The largest absolute Gasteiger partial charge is 0.0836 e. The van der Waals surface area contributed by atoms with Gasteiger partial charge in [-0.3, -0.25) is 0 Å². The van der Waals surface area contributed by atoms with Gasteiger partial charge >= 0.3 is 0 Å². The van der Waals surface area contributed by atoms with Crippen LogP contribution in [0.3, 0.4) is 0 Å². The molecule has 0 bridgehead atoms. The molecule has 0 radical (unpaired) electrons. The number of rotatable bonds is 2. The fraction of sp³-hybridized carbons (Fsp3) is 0.412. The molecule has 0 saturated carbocycles. The number of allylic oxidation sites excluding steroid dienone is 4. The molecule has 1 aliphatic rings. The second kappa shape index (κ2) is 7.11. The molecular weight excluding hydrogens is 204 g/mol. The molecule has 0 aromatic heterocycles. The van der Waals surface area contributed by atoms with Crippen LogP contribution in [0.2, 0.25) is 0 Å². The Hall–Kier alpha value is -1.30. The van der Waals surface area contributed by atoms with E-state index in [0.717, 1.165) is 0 Å². The predicted octanol–water partition coefficient (Wildman–Crippen LogP) is 5.57. The molecule has 1 aromatic rings. The third kappa shape index (κ3) is 3.89. The summed E-state index contributed by atoms with van der Waals surface area (Å²) in [7, 11) is 0. The van der Waals surface area contributed by atoms with E-state index in [9.17, 15) is 0 Å². The molecule has 0 unspecified atom stereocenters. The van der Waals surface area contributed by atoms with Gasteiger partial charge in [0.25, 0.3) is 0 Å². The van der Waals surface area contributed by atoms with Crippen molar-refractivity contribution in [3.05, 3.63) is 53.6 Å². The fourth-order valence-corrected chi connectivity index (χ4v) is 1.89. The van der Waals surface area contributed by atoms with Crippen molar-refractivity contribution in [1.82, 2.24) is 0 Å². The minimum atomic E-state index is 0.620. The Balaban J connectivity index is 0.000000686. The van der Waals surface area contributed by atoms with Crippen molar-refractivity contribution in [2.24, 2.45) is 0 Å². The first kappa shape index (κ1) is 13.8. The Morgan fingerprint density at radius 2 is 1.59 bits per heavy atom. The molecule has 92 valence electrons. The van der Waals surface area contributed by atoms with E-state index in [2.05, 4.69) is 56.3 Å². The van der Waals surface area contributed by atoms with Crippen LogP contribution in [-0.4, -0.2) is 0 Å². The third-order valence-corrected chi connectivity index (χ3v) is 2.91. The highest BCUT2D eigenvalue weighted by atomic mass is 14.1. The normalized spacial score (nSPS) is 14.1. The molecule has 0 spiro atoms. The first-order valence-electron chi connectivity index (χ1n) is 6.74. The van der Waals surface area contributed by atoms with Crippen LogP contribution in [0.25, 0.3) is 5.57 Å². The standard InChI is InChI=1S/C15H18.C2H6/c1-12(2)13-8-10-15(11-9-13)14-6-4-3-5-7-14;1-2/h4,6-12H,3,5H2,1-2H3;1-2H3. The van der Waals surface area contributed by atoms with E-state index in [1.807, 2.05) is 13.8 Å². The van der Waals surface area contributed by atoms with Crippen LogP contribution < -0.4 is 0 Å². The zero-order valence-corrected chi connectivity index (χ0v) is 11.5. The lowest BCUT2D eigenvalue weighted by Gasteiger charge is -2.09. The van der Waals surface area contributed by atoms with Gasteiger partial charge in [0.15, 0.2) is 0 Å². The van der Waals surface area contributed by atoms with E-state index < -0.39 is 0 Å². The van der Waals surface area contributed by atoms with Gasteiger partial charge in [-0.05, 0) is 35.5 Å². The van der Waals surface area contributed by atoms with E-state index in [1.165, 1.54) is 29.5 Å². The van der Waals surface area contributed by atoms with Gasteiger partial charge in [0.1, 0.15) is 0 Å². The third-order valence-electron chi connectivity index (χ3n) is 2.91. The maximum Gasteiger partial charge on any atom is -0.0187 e. The van der Waals surface area contributed by atoms with Gasteiger partial charge in [-0.25, -0.2) is 0 Å². The smallest absolute Gasteiger partial charge is 0.0187 e. The monoisotopic (exact) mass is 228 g/mol. The van der Waals surface area contributed by atoms with Gasteiger partial charge in [0.2, 0.25) is 0 Å². The zero-order valence-electron chi connectivity index (χ0n) is 11.5. The lowest BCUT2D eigenvalue weighted by Crippen LogP contribution is -1.89. The van der Waals surface area contributed by atoms with E-state index in [4.69, 9.17) is 0 Å². The quantitative estimate of drug-likeness (QED) is 0.620. The number of benzene rings is 1. The molecule has 0 aliphatic heterocycles. The predicted molar refractivity (Wildman–Crippen MR) is 78.2 cm³/mol. The molecule has 0 saturated heterocycles. The van der Waals surface area contributed by atoms with Crippen molar-refractivity contribution in [3.63, 3.8) is 0 Å². The first-order valence-corrected chi connectivity index (χ1v) is 6.74. The second-order valence-electron chi connectivity index (χ2n) is 4.42. The molecular formula is C17H24. The van der Waals surface area contributed by atoms with Crippen LogP contribution in [0, 0.1) is 0 Å². The summed E-state index contributed by atoms with van der Waals surface area (Å²) in [5, 5.41) is 0. The second-order valence-corrected chi connectivity index (χ2v) is 4.42. The summed E-state index contributed by atoms with van der Waals surface area (Å²) in [6, 6.07) is 8.94. The van der Waals surface area contributed by atoms with E-state index in [0.29, 0.717) is 5.92 Å². The van der Waals surface area contributed by atoms with Crippen LogP contribution in [0.15, 0.2) is 42.5 Å². The van der Waals surface area contributed by atoms with Gasteiger partial charge in [-0.15, -0.1) is 0 Å². The highest BCUT2D eigenvalue weighted by Crippen LogP contribution is 2.23. The highest BCUT2D eigenvalue weighted by molar-refractivity contribution is 5.74. The topological polar surface area (TPSA) is 0 Å². The average Bonchev–Trinajstić information content (AvgIpc) is 2.42. The fourth-order valence-electron chi connectivity index (χ4n) is 1.89.